The lowest BCUT2D eigenvalue weighted by Crippen LogP contribution is -2.14. The van der Waals surface area contributed by atoms with Gasteiger partial charge in [0.1, 0.15) is 0 Å². The van der Waals surface area contributed by atoms with Crippen LogP contribution in [0.2, 0.25) is 0 Å². The number of nitrogens with one attached hydrogen (secondary N) is 2. The van der Waals surface area contributed by atoms with Crippen LogP contribution < -0.4 is 10.0 Å². The Balaban J connectivity index is 1.93. The van der Waals surface area contributed by atoms with Gasteiger partial charge >= 0.3 is 0 Å². The number of carbonyl (C=O) groups is 1. The zero-order chi connectivity index (χ0) is 15.0. The predicted octanol–water partition coefficient (Wildman–Crippen LogP) is 2.34. The van der Waals surface area contributed by atoms with Crippen LogP contribution in [0.4, 0.5) is 5.69 Å². The number of halogens is 1. The van der Waals surface area contributed by atoms with Crippen LogP contribution in [-0.2, 0) is 16.6 Å². The maximum Gasteiger partial charge on any atom is 0.261 e. The van der Waals surface area contributed by atoms with E-state index >= 15 is 0 Å². The maximum absolute atomic E-state index is 12.3. The zero-order valence-corrected chi connectivity index (χ0v) is 13.7. The van der Waals surface area contributed by atoms with Crippen LogP contribution in [0.25, 0.3) is 0 Å². The van der Waals surface area contributed by atoms with E-state index in [-0.39, 0.29) is 10.8 Å². The summed E-state index contributed by atoms with van der Waals surface area (Å²) in [5.41, 5.74) is 1.76. The van der Waals surface area contributed by atoms with Crippen LogP contribution in [0, 0.1) is 3.57 Å². The lowest BCUT2D eigenvalue weighted by atomic mass is 10.1. The Kier molecular flexibility index (Phi) is 3.62. The van der Waals surface area contributed by atoms with Gasteiger partial charge in [0, 0.05) is 21.4 Å². The number of fused-ring (bicyclic) bond motifs is 1. The number of sulfonamides is 1. The van der Waals surface area contributed by atoms with Crippen molar-refractivity contribution >= 4 is 44.2 Å². The molecule has 0 saturated heterocycles. The van der Waals surface area contributed by atoms with Crippen molar-refractivity contribution in [2.24, 2.45) is 0 Å². The molecule has 0 radical (unpaired) electrons. The third-order valence-electron chi connectivity index (χ3n) is 3.15. The second-order valence-electron chi connectivity index (χ2n) is 4.62. The number of carbonyl (C=O) groups excluding carboxylic acids is 1. The standard InChI is InChI=1S/C14H11IN2O3S/c15-10-2-1-3-12(6-10)21(19,20)17-11-5-4-9-8-16-14(18)13(9)7-11/h1-7,17H,8H2,(H,16,18). The van der Waals surface area contributed by atoms with Gasteiger partial charge in [-0.3, -0.25) is 9.52 Å². The number of rotatable bonds is 3. The fourth-order valence-electron chi connectivity index (χ4n) is 2.12. The second-order valence-corrected chi connectivity index (χ2v) is 7.55. The van der Waals surface area contributed by atoms with Gasteiger partial charge in [-0.05, 0) is 58.5 Å². The Bertz CT molecular complexity index is 834. The van der Waals surface area contributed by atoms with Gasteiger partial charge < -0.3 is 5.32 Å². The first kappa shape index (κ1) is 14.3. The number of benzene rings is 2. The molecule has 2 aromatic rings. The Morgan fingerprint density at radius 1 is 1.14 bits per heavy atom. The number of anilines is 1. The van der Waals surface area contributed by atoms with Crippen molar-refractivity contribution in [1.82, 2.24) is 5.32 Å². The molecule has 0 aromatic heterocycles. The van der Waals surface area contributed by atoms with E-state index in [1.54, 1.807) is 30.3 Å². The van der Waals surface area contributed by atoms with Crippen LogP contribution in [0.15, 0.2) is 47.4 Å². The van der Waals surface area contributed by atoms with Gasteiger partial charge in [-0.25, -0.2) is 8.42 Å². The first-order chi connectivity index (χ1) is 9.95. The van der Waals surface area contributed by atoms with Crippen LogP contribution in [0.1, 0.15) is 15.9 Å². The van der Waals surface area contributed by atoms with E-state index < -0.39 is 10.0 Å². The van der Waals surface area contributed by atoms with Gasteiger partial charge in [-0.1, -0.05) is 12.1 Å². The normalized spacial score (nSPS) is 13.7. The van der Waals surface area contributed by atoms with E-state index in [2.05, 4.69) is 32.6 Å². The van der Waals surface area contributed by atoms with Gasteiger partial charge in [0.25, 0.3) is 15.9 Å². The third-order valence-corrected chi connectivity index (χ3v) is 5.20. The lowest BCUT2D eigenvalue weighted by Gasteiger charge is -2.09. The highest BCUT2D eigenvalue weighted by Crippen LogP contribution is 2.23. The predicted molar refractivity (Wildman–Crippen MR) is 87.6 cm³/mol. The highest BCUT2D eigenvalue weighted by molar-refractivity contribution is 14.1. The third kappa shape index (κ3) is 2.88. The van der Waals surface area contributed by atoms with E-state index in [0.29, 0.717) is 17.8 Å². The van der Waals surface area contributed by atoms with Gasteiger partial charge in [-0.2, -0.15) is 0 Å². The van der Waals surface area contributed by atoms with Crippen molar-refractivity contribution in [1.29, 1.82) is 0 Å². The summed E-state index contributed by atoms with van der Waals surface area (Å²) in [4.78, 5) is 11.8. The Labute approximate surface area is 135 Å². The van der Waals surface area contributed by atoms with Crippen LogP contribution in [0.5, 0.6) is 0 Å². The molecule has 1 amide bonds. The Morgan fingerprint density at radius 3 is 2.71 bits per heavy atom. The molecule has 1 heterocycles. The van der Waals surface area contributed by atoms with E-state index in [1.165, 1.54) is 6.07 Å². The van der Waals surface area contributed by atoms with Crippen molar-refractivity contribution < 1.29 is 13.2 Å². The van der Waals surface area contributed by atoms with E-state index in [1.807, 2.05) is 6.07 Å². The number of hydrogen-bond donors (Lipinski definition) is 2. The molecule has 0 fully saturated rings. The fourth-order valence-corrected chi connectivity index (χ4v) is 3.97. The summed E-state index contributed by atoms with van der Waals surface area (Å²) in [5, 5.41) is 2.70. The molecule has 3 rings (SSSR count). The minimum atomic E-state index is -3.66. The maximum atomic E-state index is 12.3. The Morgan fingerprint density at radius 2 is 1.95 bits per heavy atom. The molecule has 0 bridgehead atoms. The molecular weight excluding hydrogens is 403 g/mol. The zero-order valence-electron chi connectivity index (χ0n) is 10.8. The summed E-state index contributed by atoms with van der Waals surface area (Å²) < 4.78 is 28.0. The summed E-state index contributed by atoms with van der Waals surface area (Å²) in [6.07, 6.45) is 0. The quantitative estimate of drug-likeness (QED) is 0.758. The average molecular weight is 414 g/mol. The molecule has 2 N–H and O–H groups in total. The summed E-state index contributed by atoms with van der Waals surface area (Å²) in [6.45, 7) is 0.484. The van der Waals surface area contributed by atoms with Crippen LogP contribution in [-0.4, -0.2) is 14.3 Å². The highest BCUT2D eigenvalue weighted by atomic mass is 127. The smallest absolute Gasteiger partial charge is 0.261 e. The molecule has 0 aliphatic carbocycles. The minimum absolute atomic E-state index is 0.180. The summed E-state index contributed by atoms with van der Waals surface area (Å²) >= 11 is 2.06. The molecular formula is C14H11IN2O3S. The van der Waals surface area contributed by atoms with Gasteiger partial charge in [0.2, 0.25) is 0 Å². The average Bonchev–Trinajstić information content (AvgIpc) is 2.80. The highest BCUT2D eigenvalue weighted by Gasteiger charge is 2.20. The second kappa shape index (κ2) is 5.30. The molecule has 0 atom stereocenters. The monoisotopic (exact) mass is 414 g/mol. The molecule has 1 aliphatic heterocycles. The molecule has 1 aliphatic rings. The minimum Gasteiger partial charge on any atom is -0.348 e. The Hall–Kier alpha value is -1.61. The summed E-state index contributed by atoms with van der Waals surface area (Å²) in [7, 11) is -3.66. The van der Waals surface area contributed by atoms with Crippen LogP contribution >= 0.6 is 22.6 Å². The van der Waals surface area contributed by atoms with Gasteiger partial charge in [-0.15, -0.1) is 0 Å². The molecule has 5 nitrogen and oxygen atoms in total. The van der Waals surface area contributed by atoms with Crippen molar-refractivity contribution in [3.8, 4) is 0 Å². The molecule has 21 heavy (non-hydrogen) atoms. The van der Waals surface area contributed by atoms with Crippen molar-refractivity contribution in [2.75, 3.05) is 4.72 Å². The van der Waals surface area contributed by atoms with E-state index in [0.717, 1.165) is 9.13 Å². The molecule has 7 heteroatoms. The molecule has 108 valence electrons. The summed E-state index contributed by atoms with van der Waals surface area (Å²) in [5.74, 6) is -0.180. The number of amides is 1. The SMILES string of the molecule is O=C1NCc2ccc(NS(=O)(=O)c3cccc(I)c3)cc21. The largest absolute Gasteiger partial charge is 0.348 e. The topological polar surface area (TPSA) is 75.3 Å². The molecule has 0 saturated carbocycles. The lowest BCUT2D eigenvalue weighted by molar-refractivity contribution is 0.0966. The van der Waals surface area contributed by atoms with Crippen LogP contribution in [0.3, 0.4) is 0 Å². The van der Waals surface area contributed by atoms with Gasteiger partial charge in [0.05, 0.1) is 4.90 Å². The first-order valence-corrected chi connectivity index (χ1v) is 8.71. The first-order valence-electron chi connectivity index (χ1n) is 6.15. The van der Waals surface area contributed by atoms with Crippen molar-refractivity contribution in [3.63, 3.8) is 0 Å². The molecule has 0 unspecified atom stereocenters. The van der Waals surface area contributed by atoms with Gasteiger partial charge in [0.15, 0.2) is 0 Å². The van der Waals surface area contributed by atoms with E-state index in [9.17, 15) is 13.2 Å². The van der Waals surface area contributed by atoms with Crippen molar-refractivity contribution in [3.05, 3.63) is 57.2 Å². The molecule has 0 spiro atoms. The summed E-state index contributed by atoms with van der Waals surface area (Å²) in [6, 6.07) is 11.6. The fraction of sp³-hybridized carbons (Fsp3) is 0.0714. The number of hydrogen-bond acceptors (Lipinski definition) is 3. The van der Waals surface area contributed by atoms with E-state index in [4.69, 9.17) is 0 Å². The molecule has 2 aromatic carbocycles. The van der Waals surface area contributed by atoms with Crippen molar-refractivity contribution in [2.45, 2.75) is 11.4 Å².